The Morgan fingerprint density at radius 3 is 2.85 bits per heavy atom. The molecule has 0 aliphatic carbocycles. The molecule has 1 fully saturated rings. The molecule has 1 aliphatic heterocycles. The first kappa shape index (κ1) is 10.5. The van der Waals surface area contributed by atoms with Gasteiger partial charge in [0.1, 0.15) is 6.04 Å². The van der Waals surface area contributed by atoms with E-state index in [0.717, 1.165) is 12.8 Å². The van der Waals surface area contributed by atoms with Gasteiger partial charge in [-0.1, -0.05) is 13.3 Å². The van der Waals surface area contributed by atoms with Crippen LogP contribution in [0.4, 0.5) is 0 Å². The summed E-state index contributed by atoms with van der Waals surface area (Å²) >= 11 is 0. The van der Waals surface area contributed by atoms with Crippen LogP contribution in [0.25, 0.3) is 0 Å². The van der Waals surface area contributed by atoms with Gasteiger partial charge in [-0.25, -0.2) is 0 Å². The zero-order valence-electron chi connectivity index (χ0n) is 8.32. The van der Waals surface area contributed by atoms with Crippen molar-refractivity contribution in [3.8, 4) is 0 Å². The molecule has 4 nitrogen and oxygen atoms in total. The third-order valence-electron chi connectivity index (χ3n) is 2.42. The lowest BCUT2D eigenvalue weighted by Gasteiger charge is -2.41. The summed E-state index contributed by atoms with van der Waals surface area (Å²) in [6.45, 7) is 3.41. The Balaban J connectivity index is 2.41. The van der Waals surface area contributed by atoms with E-state index in [9.17, 15) is 4.79 Å². The van der Waals surface area contributed by atoms with E-state index >= 15 is 0 Å². The van der Waals surface area contributed by atoms with Crippen molar-refractivity contribution in [1.82, 2.24) is 4.90 Å². The average molecular weight is 186 g/mol. The van der Waals surface area contributed by atoms with E-state index in [0.29, 0.717) is 13.2 Å². The predicted molar refractivity (Wildman–Crippen MR) is 50.3 cm³/mol. The fraction of sp³-hybridized carbons (Fsp3) is 0.889. The van der Waals surface area contributed by atoms with E-state index in [4.69, 9.17) is 10.5 Å². The zero-order valence-corrected chi connectivity index (χ0v) is 8.32. The molecule has 0 saturated carbocycles. The van der Waals surface area contributed by atoms with Gasteiger partial charge in [-0.15, -0.1) is 0 Å². The first-order chi connectivity index (χ1) is 6.20. The van der Waals surface area contributed by atoms with Gasteiger partial charge in [0.05, 0.1) is 12.6 Å². The molecule has 0 aromatic rings. The van der Waals surface area contributed by atoms with Crippen molar-refractivity contribution in [2.24, 2.45) is 5.73 Å². The maximum Gasteiger partial charge on any atom is 0.241 e. The molecule has 4 heteroatoms. The lowest BCUT2D eigenvalue weighted by atomic mass is 10.0. The fourth-order valence-electron chi connectivity index (χ4n) is 1.66. The summed E-state index contributed by atoms with van der Waals surface area (Å²) in [6.07, 6.45) is 2.05. The average Bonchev–Trinajstić information content (AvgIpc) is 2.13. The Kier molecular flexibility index (Phi) is 3.69. The van der Waals surface area contributed by atoms with Crippen molar-refractivity contribution >= 4 is 5.91 Å². The number of hydrogen-bond donors (Lipinski definition) is 1. The summed E-state index contributed by atoms with van der Waals surface area (Å²) in [5.74, 6) is 0.0653. The number of nitrogens with zero attached hydrogens (tertiary/aromatic N) is 1. The molecule has 2 atom stereocenters. The van der Waals surface area contributed by atoms with Gasteiger partial charge >= 0.3 is 0 Å². The molecule has 1 saturated heterocycles. The minimum absolute atomic E-state index is 0.0653. The van der Waals surface area contributed by atoms with Crippen LogP contribution >= 0.6 is 0 Å². The van der Waals surface area contributed by atoms with E-state index in [2.05, 4.69) is 6.92 Å². The second kappa shape index (κ2) is 4.58. The van der Waals surface area contributed by atoms with Crippen LogP contribution in [-0.4, -0.2) is 43.2 Å². The molecule has 0 bridgehead atoms. The maximum absolute atomic E-state index is 11.3. The normalized spacial score (nSPS) is 24.4. The van der Waals surface area contributed by atoms with Crippen LogP contribution in [0, 0.1) is 0 Å². The smallest absolute Gasteiger partial charge is 0.241 e. The molecule has 1 amide bonds. The molecule has 0 aromatic heterocycles. The van der Waals surface area contributed by atoms with Gasteiger partial charge in [0.2, 0.25) is 5.91 Å². The summed E-state index contributed by atoms with van der Waals surface area (Å²) in [6, 6.07) is -0.0430. The number of rotatable bonds is 5. The highest BCUT2D eigenvalue weighted by atomic mass is 16.5. The van der Waals surface area contributed by atoms with Crippen molar-refractivity contribution in [2.45, 2.75) is 31.8 Å². The number of carbonyl (C=O) groups excluding carboxylic acids is 1. The highest BCUT2D eigenvalue weighted by molar-refractivity contribution is 5.87. The number of nitrogens with two attached hydrogens (primary N) is 1. The molecular formula is C9H18N2O2. The minimum Gasteiger partial charge on any atom is -0.383 e. The lowest BCUT2D eigenvalue weighted by Crippen LogP contribution is -2.64. The number of amides is 1. The largest absolute Gasteiger partial charge is 0.383 e. The summed E-state index contributed by atoms with van der Waals surface area (Å²) in [5.41, 5.74) is 5.51. The molecule has 76 valence electrons. The molecule has 0 spiro atoms. The summed E-state index contributed by atoms with van der Waals surface area (Å²) < 4.78 is 5.06. The van der Waals surface area contributed by atoms with Gasteiger partial charge in [0.25, 0.3) is 0 Å². The van der Waals surface area contributed by atoms with Crippen LogP contribution in [0.1, 0.15) is 19.8 Å². The highest BCUT2D eigenvalue weighted by Crippen LogP contribution is 2.16. The second-order valence-corrected chi connectivity index (χ2v) is 3.49. The van der Waals surface area contributed by atoms with Crippen LogP contribution in [0.15, 0.2) is 0 Å². The van der Waals surface area contributed by atoms with E-state index in [-0.39, 0.29) is 18.0 Å². The first-order valence-electron chi connectivity index (χ1n) is 4.75. The standard InChI is InChI=1S/C9H18N2O2/c1-3-4-7(6-13-2)11-5-8(10)9(11)12/h7-8H,3-6,10H2,1-2H3. The number of likely N-dealkylation sites (tertiary alicyclic amines) is 1. The van der Waals surface area contributed by atoms with Crippen molar-refractivity contribution in [3.05, 3.63) is 0 Å². The molecular weight excluding hydrogens is 168 g/mol. The maximum atomic E-state index is 11.3. The third kappa shape index (κ3) is 2.19. The summed E-state index contributed by atoms with van der Waals surface area (Å²) in [7, 11) is 1.66. The second-order valence-electron chi connectivity index (χ2n) is 3.49. The Morgan fingerprint density at radius 2 is 2.46 bits per heavy atom. The van der Waals surface area contributed by atoms with E-state index < -0.39 is 0 Å². The molecule has 0 radical (unpaired) electrons. The van der Waals surface area contributed by atoms with Crippen LogP contribution in [0.3, 0.4) is 0 Å². The van der Waals surface area contributed by atoms with Gasteiger partial charge in [0.15, 0.2) is 0 Å². The third-order valence-corrected chi connectivity index (χ3v) is 2.42. The van der Waals surface area contributed by atoms with Crippen LogP contribution in [0.5, 0.6) is 0 Å². The Bertz CT molecular complexity index is 178. The molecule has 1 rings (SSSR count). The Morgan fingerprint density at radius 1 is 1.77 bits per heavy atom. The summed E-state index contributed by atoms with van der Waals surface area (Å²) in [4.78, 5) is 13.1. The number of methoxy groups -OCH3 is 1. The van der Waals surface area contributed by atoms with Crippen molar-refractivity contribution in [1.29, 1.82) is 0 Å². The van der Waals surface area contributed by atoms with Gasteiger partial charge in [-0.05, 0) is 6.42 Å². The van der Waals surface area contributed by atoms with Gasteiger partial charge in [0, 0.05) is 13.7 Å². The van der Waals surface area contributed by atoms with E-state index in [1.165, 1.54) is 0 Å². The Labute approximate surface area is 79.0 Å². The van der Waals surface area contributed by atoms with Crippen molar-refractivity contribution in [2.75, 3.05) is 20.3 Å². The predicted octanol–water partition coefficient (Wildman–Crippen LogP) is -0.0290. The monoisotopic (exact) mass is 186 g/mol. The Hall–Kier alpha value is -0.610. The number of β-lactam (4-membered cyclic amide) rings is 1. The van der Waals surface area contributed by atoms with Crippen molar-refractivity contribution < 1.29 is 9.53 Å². The molecule has 0 aromatic carbocycles. The first-order valence-corrected chi connectivity index (χ1v) is 4.75. The summed E-state index contributed by atoms with van der Waals surface area (Å²) in [5, 5.41) is 0. The molecule has 1 heterocycles. The van der Waals surface area contributed by atoms with Crippen molar-refractivity contribution in [3.63, 3.8) is 0 Å². The van der Waals surface area contributed by atoms with E-state index in [1.54, 1.807) is 7.11 Å². The van der Waals surface area contributed by atoms with Gasteiger partial charge in [-0.2, -0.15) is 0 Å². The number of carbonyl (C=O) groups is 1. The van der Waals surface area contributed by atoms with Gasteiger partial charge in [-0.3, -0.25) is 4.79 Å². The molecule has 2 N–H and O–H groups in total. The number of ether oxygens (including phenoxy) is 1. The topological polar surface area (TPSA) is 55.6 Å². The molecule has 1 aliphatic rings. The lowest BCUT2D eigenvalue weighted by molar-refractivity contribution is -0.147. The molecule has 13 heavy (non-hydrogen) atoms. The van der Waals surface area contributed by atoms with Gasteiger partial charge < -0.3 is 15.4 Å². The van der Waals surface area contributed by atoms with Crippen LogP contribution in [0.2, 0.25) is 0 Å². The quantitative estimate of drug-likeness (QED) is 0.613. The fourth-order valence-corrected chi connectivity index (χ4v) is 1.66. The highest BCUT2D eigenvalue weighted by Gasteiger charge is 2.37. The van der Waals surface area contributed by atoms with E-state index in [1.807, 2.05) is 4.90 Å². The van der Waals surface area contributed by atoms with Crippen LogP contribution < -0.4 is 5.73 Å². The number of hydrogen-bond acceptors (Lipinski definition) is 3. The zero-order chi connectivity index (χ0) is 9.84. The molecule has 2 unspecified atom stereocenters. The van der Waals surface area contributed by atoms with Crippen LogP contribution in [-0.2, 0) is 9.53 Å². The SMILES string of the molecule is CCCC(COC)N1CC(N)C1=O. The minimum atomic E-state index is -0.267.